The lowest BCUT2D eigenvalue weighted by Crippen LogP contribution is -2.10. The van der Waals surface area contributed by atoms with Crippen LogP contribution >= 0.6 is 27.3 Å². The molecule has 100 valence electrons. The van der Waals surface area contributed by atoms with Crippen molar-refractivity contribution in [3.63, 3.8) is 0 Å². The van der Waals surface area contributed by atoms with Gasteiger partial charge >= 0.3 is 0 Å². The molecule has 2 rings (SSSR count). The molecule has 1 N–H and O–H groups in total. The van der Waals surface area contributed by atoms with Gasteiger partial charge in [-0.15, -0.1) is 11.3 Å². The highest BCUT2D eigenvalue weighted by molar-refractivity contribution is 9.10. The summed E-state index contributed by atoms with van der Waals surface area (Å²) in [4.78, 5) is 14.2. The van der Waals surface area contributed by atoms with Crippen LogP contribution in [0.5, 0.6) is 0 Å². The van der Waals surface area contributed by atoms with E-state index in [1.165, 1.54) is 10.4 Å². The number of anilines is 1. The average molecular weight is 338 g/mol. The lowest BCUT2D eigenvalue weighted by Gasteiger charge is -2.06. The zero-order chi connectivity index (χ0) is 14.0. The van der Waals surface area contributed by atoms with Crippen molar-refractivity contribution in [2.24, 2.45) is 0 Å². The average Bonchev–Trinajstić information content (AvgIpc) is 2.74. The number of rotatable bonds is 3. The number of aryl methyl sites for hydroxylation is 3. The molecule has 0 aliphatic carbocycles. The number of amides is 1. The Morgan fingerprint density at radius 1 is 1.32 bits per heavy atom. The van der Waals surface area contributed by atoms with Crippen LogP contribution in [0.15, 0.2) is 28.7 Å². The molecule has 1 heterocycles. The molecule has 0 spiro atoms. The summed E-state index contributed by atoms with van der Waals surface area (Å²) in [6, 6.07) is 7.85. The highest BCUT2D eigenvalue weighted by Crippen LogP contribution is 2.26. The molecule has 0 aliphatic heterocycles. The number of nitrogens with one attached hydrogen (secondary N) is 1. The number of benzene rings is 1. The number of carbonyl (C=O) groups is 1. The van der Waals surface area contributed by atoms with Crippen LogP contribution in [-0.2, 0) is 6.42 Å². The van der Waals surface area contributed by atoms with Gasteiger partial charge in [-0.05, 0) is 65.5 Å². The molecule has 0 bridgehead atoms. The summed E-state index contributed by atoms with van der Waals surface area (Å²) in [6.45, 7) is 6.18. The van der Waals surface area contributed by atoms with Crippen molar-refractivity contribution in [2.75, 3.05) is 5.32 Å². The molecule has 1 aromatic carbocycles. The lowest BCUT2D eigenvalue weighted by molar-refractivity contribution is 0.103. The predicted octanol–water partition coefficient (Wildman–Crippen LogP) is 4.94. The Bertz CT molecular complexity index is 619. The van der Waals surface area contributed by atoms with Crippen LogP contribution in [0.3, 0.4) is 0 Å². The minimum Gasteiger partial charge on any atom is -0.320 e. The third-order valence-electron chi connectivity index (χ3n) is 2.94. The van der Waals surface area contributed by atoms with Crippen molar-refractivity contribution in [3.05, 3.63) is 49.6 Å². The quantitative estimate of drug-likeness (QED) is 0.844. The van der Waals surface area contributed by atoms with Crippen LogP contribution in [0.2, 0.25) is 0 Å². The third kappa shape index (κ3) is 3.25. The van der Waals surface area contributed by atoms with Gasteiger partial charge in [0.25, 0.3) is 5.91 Å². The Kier molecular flexibility index (Phi) is 4.42. The van der Waals surface area contributed by atoms with Crippen LogP contribution in [0.1, 0.15) is 32.6 Å². The van der Waals surface area contributed by atoms with E-state index in [2.05, 4.69) is 28.2 Å². The van der Waals surface area contributed by atoms with Crippen molar-refractivity contribution in [3.8, 4) is 0 Å². The van der Waals surface area contributed by atoms with Crippen LogP contribution < -0.4 is 5.32 Å². The first-order chi connectivity index (χ1) is 9.01. The molecule has 0 saturated heterocycles. The van der Waals surface area contributed by atoms with Gasteiger partial charge in [-0.2, -0.15) is 0 Å². The van der Waals surface area contributed by atoms with Crippen LogP contribution in [0.4, 0.5) is 5.69 Å². The van der Waals surface area contributed by atoms with Crippen molar-refractivity contribution < 1.29 is 4.79 Å². The second-order valence-electron chi connectivity index (χ2n) is 4.51. The van der Waals surface area contributed by atoms with Gasteiger partial charge in [0.05, 0.1) is 10.6 Å². The van der Waals surface area contributed by atoms with E-state index in [1.54, 1.807) is 11.3 Å². The second-order valence-corrected chi connectivity index (χ2v) is 6.50. The van der Waals surface area contributed by atoms with Crippen LogP contribution in [0, 0.1) is 13.8 Å². The summed E-state index contributed by atoms with van der Waals surface area (Å²) in [6.07, 6.45) is 0.970. The van der Waals surface area contributed by atoms with E-state index in [4.69, 9.17) is 0 Å². The van der Waals surface area contributed by atoms with E-state index in [9.17, 15) is 4.79 Å². The fraction of sp³-hybridized carbons (Fsp3) is 0.267. The van der Waals surface area contributed by atoms with Gasteiger partial charge in [-0.1, -0.05) is 13.0 Å². The first-order valence-corrected chi connectivity index (χ1v) is 7.79. The Labute approximate surface area is 126 Å². The van der Waals surface area contributed by atoms with Gasteiger partial charge in [0.2, 0.25) is 0 Å². The molecule has 0 aliphatic rings. The van der Waals surface area contributed by atoms with Gasteiger partial charge in [-0.25, -0.2) is 0 Å². The fourth-order valence-corrected chi connectivity index (χ4v) is 3.49. The zero-order valence-electron chi connectivity index (χ0n) is 11.2. The Morgan fingerprint density at radius 3 is 2.63 bits per heavy atom. The Morgan fingerprint density at radius 2 is 2.05 bits per heavy atom. The maximum absolute atomic E-state index is 12.2. The smallest absolute Gasteiger partial charge is 0.265 e. The largest absolute Gasteiger partial charge is 0.320 e. The van der Waals surface area contributed by atoms with E-state index in [0.717, 1.165) is 27.0 Å². The number of thiophene rings is 1. The molecule has 0 atom stereocenters. The Balaban J connectivity index is 2.20. The molecule has 0 saturated carbocycles. The molecule has 2 aromatic rings. The summed E-state index contributed by atoms with van der Waals surface area (Å²) in [5, 5.41) is 2.94. The minimum atomic E-state index is -0.0441. The molecule has 0 unspecified atom stereocenters. The number of halogens is 1. The van der Waals surface area contributed by atoms with Crippen molar-refractivity contribution in [2.45, 2.75) is 27.2 Å². The Hall–Kier alpha value is -1.13. The monoisotopic (exact) mass is 337 g/mol. The summed E-state index contributed by atoms with van der Waals surface area (Å²) in [5.41, 5.74) is 3.16. The molecule has 1 amide bonds. The molecule has 1 aromatic heterocycles. The molecule has 19 heavy (non-hydrogen) atoms. The van der Waals surface area contributed by atoms with Crippen molar-refractivity contribution in [1.82, 2.24) is 0 Å². The van der Waals surface area contributed by atoms with Gasteiger partial charge in [-0.3, -0.25) is 4.79 Å². The van der Waals surface area contributed by atoms with Gasteiger partial charge in [0.1, 0.15) is 0 Å². The van der Waals surface area contributed by atoms with E-state index in [0.29, 0.717) is 0 Å². The zero-order valence-corrected chi connectivity index (χ0v) is 13.6. The second kappa shape index (κ2) is 5.88. The summed E-state index contributed by atoms with van der Waals surface area (Å²) in [7, 11) is 0. The maximum Gasteiger partial charge on any atom is 0.265 e. The molecule has 0 fully saturated rings. The minimum absolute atomic E-state index is 0.0441. The predicted molar refractivity (Wildman–Crippen MR) is 85.3 cm³/mol. The SMILES string of the molecule is CCc1sc(C(=O)Nc2ccc(C)cc2Br)cc1C. The molecule has 2 nitrogen and oxygen atoms in total. The first kappa shape index (κ1) is 14.3. The number of hydrogen-bond acceptors (Lipinski definition) is 2. The van der Waals surface area contributed by atoms with Crippen molar-refractivity contribution >= 4 is 38.9 Å². The summed E-state index contributed by atoms with van der Waals surface area (Å²) in [5.74, 6) is -0.0441. The van der Waals surface area contributed by atoms with Gasteiger partial charge < -0.3 is 5.32 Å². The third-order valence-corrected chi connectivity index (χ3v) is 4.97. The van der Waals surface area contributed by atoms with E-state index >= 15 is 0 Å². The highest BCUT2D eigenvalue weighted by Gasteiger charge is 2.13. The first-order valence-electron chi connectivity index (χ1n) is 6.18. The van der Waals surface area contributed by atoms with Gasteiger partial charge in [0, 0.05) is 9.35 Å². The van der Waals surface area contributed by atoms with E-state index < -0.39 is 0 Å². The lowest BCUT2D eigenvalue weighted by atomic mass is 10.2. The fourth-order valence-electron chi connectivity index (χ4n) is 1.89. The maximum atomic E-state index is 12.2. The molecular formula is C15H16BrNOS. The highest BCUT2D eigenvalue weighted by atomic mass is 79.9. The number of hydrogen-bond donors (Lipinski definition) is 1. The van der Waals surface area contributed by atoms with E-state index in [-0.39, 0.29) is 5.91 Å². The molecule has 4 heteroatoms. The molecular weight excluding hydrogens is 322 g/mol. The van der Waals surface area contributed by atoms with Crippen LogP contribution in [-0.4, -0.2) is 5.91 Å². The van der Waals surface area contributed by atoms with Gasteiger partial charge in [0.15, 0.2) is 0 Å². The topological polar surface area (TPSA) is 29.1 Å². The van der Waals surface area contributed by atoms with Crippen molar-refractivity contribution in [1.29, 1.82) is 0 Å². The number of carbonyl (C=O) groups excluding carboxylic acids is 1. The molecule has 0 radical (unpaired) electrons. The standard InChI is InChI=1S/C15H16BrNOS/c1-4-13-10(3)8-14(19-13)15(18)17-12-6-5-9(2)7-11(12)16/h5-8H,4H2,1-3H3,(H,17,18). The summed E-state index contributed by atoms with van der Waals surface area (Å²) < 4.78 is 0.907. The normalized spacial score (nSPS) is 10.5. The van der Waals surface area contributed by atoms with Crippen LogP contribution in [0.25, 0.3) is 0 Å². The van der Waals surface area contributed by atoms with E-state index in [1.807, 2.05) is 38.1 Å². The summed E-state index contributed by atoms with van der Waals surface area (Å²) >= 11 is 5.04.